The Kier molecular flexibility index (Phi) is 12.0. The minimum Gasteiger partial charge on any atom is -0.508 e. The smallest absolute Gasteiger partial charge is 0.410 e. The zero-order chi connectivity index (χ0) is 30.9. The van der Waals surface area contributed by atoms with Crippen molar-refractivity contribution >= 4 is 29.8 Å². The first-order chi connectivity index (χ1) is 19.1. The number of carbonyl (C=O) groups excluding carboxylic acids is 5. The van der Waals surface area contributed by atoms with Gasteiger partial charge in [0.25, 0.3) is 0 Å². The molecule has 1 aromatic carbocycles. The summed E-state index contributed by atoms with van der Waals surface area (Å²) in [6.07, 6.45) is 0.735. The van der Waals surface area contributed by atoms with E-state index in [1.165, 1.54) is 31.1 Å². The number of ether oxygens (including phenoxy) is 2. The van der Waals surface area contributed by atoms with Gasteiger partial charge in [-0.15, -0.1) is 0 Å². The van der Waals surface area contributed by atoms with E-state index in [0.29, 0.717) is 24.9 Å². The Balaban J connectivity index is 2.26. The number of amides is 4. The average Bonchev–Trinajstić information content (AvgIpc) is 3.37. The molecule has 12 heteroatoms. The maximum atomic E-state index is 13.6. The van der Waals surface area contributed by atoms with Crippen LogP contribution in [0.1, 0.15) is 66.4 Å². The number of hydrogen-bond donors (Lipinski definition) is 4. The SMILES string of the molecule is COC(=O)[C@H](C)NC(=O)[C@H](CC(C)C)NC(=O)[C@H](Cc1ccc(O)cc1)NC(=O)[C@@H]1CCCN1C(=O)OC(C)(C)C. The molecule has 0 saturated carbocycles. The molecule has 228 valence electrons. The largest absolute Gasteiger partial charge is 0.508 e. The van der Waals surface area contributed by atoms with Gasteiger partial charge < -0.3 is 30.5 Å². The van der Waals surface area contributed by atoms with Crippen molar-refractivity contribution in [1.29, 1.82) is 0 Å². The lowest BCUT2D eigenvalue weighted by atomic mass is 10.0. The Morgan fingerprint density at radius 3 is 2.15 bits per heavy atom. The summed E-state index contributed by atoms with van der Waals surface area (Å²) in [5.41, 5.74) is -0.0813. The molecular formula is C29H44N4O8. The molecule has 0 unspecified atom stereocenters. The molecule has 0 radical (unpaired) electrons. The van der Waals surface area contributed by atoms with Crippen molar-refractivity contribution in [3.8, 4) is 5.75 Å². The number of benzene rings is 1. The molecule has 0 aromatic heterocycles. The van der Waals surface area contributed by atoms with Crippen LogP contribution in [0.4, 0.5) is 4.79 Å². The lowest BCUT2D eigenvalue weighted by Crippen LogP contribution is -2.58. The molecule has 0 aliphatic carbocycles. The van der Waals surface area contributed by atoms with Crippen molar-refractivity contribution in [3.63, 3.8) is 0 Å². The number of esters is 1. The van der Waals surface area contributed by atoms with Crippen molar-refractivity contribution in [2.45, 2.75) is 97.0 Å². The molecule has 0 spiro atoms. The molecule has 12 nitrogen and oxygen atoms in total. The van der Waals surface area contributed by atoms with Crippen molar-refractivity contribution in [2.75, 3.05) is 13.7 Å². The molecule has 1 saturated heterocycles. The molecule has 1 heterocycles. The first-order valence-electron chi connectivity index (χ1n) is 13.9. The third-order valence-corrected chi connectivity index (χ3v) is 6.45. The van der Waals surface area contributed by atoms with Crippen LogP contribution in [0.2, 0.25) is 0 Å². The topological polar surface area (TPSA) is 163 Å². The second kappa shape index (κ2) is 14.7. The third kappa shape index (κ3) is 10.6. The highest BCUT2D eigenvalue weighted by atomic mass is 16.6. The summed E-state index contributed by atoms with van der Waals surface area (Å²) in [5.74, 6) is -2.25. The summed E-state index contributed by atoms with van der Waals surface area (Å²) in [6.45, 7) is 10.8. The van der Waals surface area contributed by atoms with Gasteiger partial charge >= 0.3 is 12.1 Å². The fraction of sp³-hybridized carbons (Fsp3) is 0.621. The zero-order valence-electron chi connectivity index (χ0n) is 25.0. The van der Waals surface area contributed by atoms with E-state index >= 15 is 0 Å². The number of likely N-dealkylation sites (tertiary alicyclic amines) is 1. The van der Waals surface area contributed by atoms with E-state index in [2.05, 4.69) is 20.7 Å². The lowest BCUT2D eigenvalue weighted by Gasteiger charge is -2.29. The van der Waals surface area contributed by atoms with Crippen LogP contribution in [0.5, 0.6) is 5.75 Å². The van der Waals surface area contributed by atoms with Crippen molar-refractivity contribution in [3.05, 3.63) is 29.8 Å². The van der Waals surface area contributed by atoms with Crippen LogP contribution in [0.3, 0.4) is 0 Å². The Hall–Kier alpha value is -3.83. The maximum absolute atomic E-state index is 13.6. The van der Waals surface area contributed by atoms with Crippen LogP contribution in [-0.2, 0) is 35.1 Å². The van der Waals surface area contributed by atoms with Crippen LogP contribution >= 0.6 is 0 Å². The molecule has 1 aliphatic rings. The van der Waals surface area contributed by atoms with Gasteiger partial charge in [-0.25, -0.2) is 9.59 Å². The molecule has 1 aromatic rings. The molecule has 0 bridgehead atoms. The van der Waals surface area contributed by atoms with Crippen molar-refractivity contribution in [1.82, 2.24) is 20.9 Å². The van der Waals surface area contributed by atoms with Crippen molar-refractivity contribution in [2.24, 2.45) is 5.92 Å². The minimum absolute atomic E-state index is 0.0190. The standard InChI is InChI=1S/C29H44N4O8/c1-17(2)15-21(24(35)30-18(3)27(38)40-7)31-25(36)22(16-19-10-12-20(34)13-11-19)32-26(37)23-9-8-14-33(23)28(39)41-29(4,5)6/h10-13,17-18,21-23,34H,8-9,14-16H2,1-7H3,(H,30,35)(H,31,36)(H,32,37)/t18-,21-,22-,23-/m0/s1. The number of phenols is 1. The van der Waals surface area contributed by atoms with Gasteiger partial charge in [0.1, 0.15) is 35.5 Å². The second-order valence-electron chi connectivity index (χ2n) is 11.7. The van der Waals surface area contributed by atoms with Gasteiger partial charge in [-0.3, -0.25) is 19.3 Å². The van der Waals surface area contributed by atoms with Crippen LogP contribution in [0, 0.1) is 5.92 Å². The Morgan fingerprint density at radius 1 is 0.976 bits per heavy atom. The first kappa shape index (κ1) is 33.4. The molecular weight excluding hydrogens is 532 g/mol. The number of rotatable bonds is 11. The molecule has 4 atom stereocenters. The van der Waals surface area contributed by atoms with Gasteiger partial charge in [-0.2, -0.15) is 0 Å². The third-order valence-electron chi connectivity index (χ3n) is 6.45. The number of nitrogens with zero attached hydrogens (tertiary/aromatic N) is 1. The molecule has 1 aliphatic heterocycles. The average molecular weight is 577 g/mol. The molecule has 41 heavy (non-hydrogen) atoms. The van der Waals surface area contributed by atoms with Crippen LogP contribution in [0.15, 0.2) is 24.3 Å². The number of phenolic OH excluding ortho intramolecular Hbond substituents is 1. The molecule has 2 rings (SSSR count). The highest BCUT2D eigenvalue weighted by Gasteiger charge is 2.38. The highest BCUT2D eigenvalue weighted by molar-refractivity contribution is 5.95. The first-order valence-corrected chi connectivity index (χ1v) is 13.9. The highest BCUT2D eigenvalue weighted by Crippen LogP contribution is 2.21. The summed E-state index contributed by atoms with van der Waals surface area (Å²) in [6, 6.07) is 2.35. The van der Waals surface area contributed by atoms with E-state index in [-0.39, 0.29) is 24.5 Å². The fourth-order valence-electron chi connectivity index (χ4n) is 4.45. The second-order valence-corrected chi connectivity index (χ2v) is 11.7. The van der Waals surface area contributed by atoms with E-state index < -0.39 is 59.6 Å². The van der Waals surface area contributed by atoms with Crippen LogP contribution in [-0.4, -0.2) is 83.2 Å². The number of aromatic hydroxyl groups is 1. The van der Waals surface area contributed by atoms with E-state index in [1.807, 2.05) is 13.8 Å². The summed E-state index contributed by atoms with van der Waals surface area (Å²) in [7, 11) is 1.21. The Bertz CT molecular complexity index is 1080. The maximum Gasteiger partial charge on any atom is 0.410 e. The van der Waals surface area contributed by atoms with Gasteiger partial charge in [-0.05, 0) is 70.6 Å². The predicted molar refractivity (Wildman–Crippen MR) is 151 cm³/mol. The molecule has 1 fully saturated rings. The van der Waals surface area contributed by atoms with Crippen LogP contribution < -0.4 is 16.0 Å². The van der Waals surface area contributed by atoms with Gasteiger partial charge in [0, 0.05) is 13.0 Å². The van der Waals surface area contributed by atoms with Gasteiger partial charge in [0.05, 0.1) is 7.11 Å². The van der Waals surface area contributed by atoms with Crippen molar-refractivity contribution < 1.29 is 38.6 Å². The number of hydrogen-bond acceptors (Lipinski definition) is 8. The quantitative estimate of drug-likeness (QED) is 0.291. The lowest BCUT2D eigenvalue weighted by molar-refractivity contribution is -0.145. The normalized spacial score (nSPS) is 17.3. The Morgan fingerprint density at radius 2 is 1.59 bits per heavy atom. The minimum atomic E-state index is -1.10. The summed E-state index contributed by atoms with van der Waals surface area (Å²) in [5, 5.41) is 17.7. The van der Waals surface area contributed by atoms with E-state index in [9.17, 15) is 29.1 Å². The fourth-order valence-corrected chi connectivity index (χ4v) is 4.45. The van der Waals surface area contributed by atoms with Gasteiger partial charge in [0.15, 0.2) is 0 Å². The number of nitrogens with one attached hydrogen (secondary N) is 3. The molecule has 4 amide bonds. The summed E-state index contributed by atoms with van der Waals surface area (Å²) in [4.78, 5) is 66.0. The monoisotopic (exact) mass is 576 g/mol. The summed E-state index contributed by atoms with van der Waals surface area (Å²) < 4.78 is 10.1. The van der Waals surface area contributed by atoms with Gasteiger partial charge in [0.2, 0.25) is 17.7 Å². The summed E-state index contributed by atoms with van der Waals surface area (Å²) >= 11 is 0. The van der Waals surface area contributed by atoms with Gasteiger partial charge in [-0.1, -0.05) is 26.0 Å². The van der Waals surface area contributed by atoms with Crippen LogP contribution in [0.25, 0.3) is 0 Å². The predicted octanol–water partition coefficient (Wildman–Crippen LogP) is 2.03. The number of carbonyl (C=O) groups is 5. The molecule has 4 N–H and O–H groups in total. The zero-order valence-corrected chi connectivity index (χ0v) is 25.0. The van der Waals surface area contributed by atoms with E-state index in [4.69, 9.17) is 4.74 Å². The van der Waals surface area contributed by atoms with E-state index in [0.717, 1.165) is 0 Å². The number of methoxy groups -OCH3 is 1. The van der Waals surface area contributed by atoms with E-state index in [1.54, 1.807) is 32.9 Å². The Labute approximate surface area is 241 Å².